The molecule has 2 unspecified atom stereocenters. The molecule has 0 aromatic heterocycles. The Morgan fingerprint density at radius 3 is 2.74 bits per heavy atom. The second kappa shape index (κ2) is 6.48. The Morgan fingerprint density at radius 2 is 2.00 bits per heavy atom. The van der Waals surface area contributed by atoms with Gasteiger partial charge in [-0.05, 0) is 25.5 Å². The SMILES string of the molecule is CC1NC=CN(C)C(CCN(C)c2ccccc2)N1. The summed E-state index contributed by atoms with van der Waals surface area (Å²) >= 11 is 0. The molecule has 0 amide bonds. The van der Waals surface area contributed by atoms with Crippen molar-refractivity contribution in [2.75, 3.05) is 25.5 Å². The van der Waals surface area contributed by atoms with Crippen molar-refractivity contribution in [2.24, 2.45) is 0 Å². The minimum atomic E-state index is 0.299. The van der Waals surface area contributed by atoms with Crippen LogP contribution in [0.2, 0.25) is 0 Å². The summed E-state index contributed by atoms with van der Waals surface area (Å²) in [5, 5.41) is 6.84. The first kappa shape index (κ1) is 13.7. The molecule has 2 atom stereocenters. The predicted octanol–water partition coefficient (Wildman–Crippen LogP) is 1.78. The van der Waals surface area contributed by atoms with Crippen LogP contribution in [0.4, 0.5) is 5.69 Å². The van der Waals surface area contributed by atoms with Crippen molar-refractivity contribution in [3.8, 4) is 0 Å². The van der Waals surface area contributed by atoms with Crippen LogP contribution in [0.15, 0.2) is 42.7 Å². The van der Waals surface area contributed by atoms with Gasteiger partial charge in [0.25, 0.3) is 0 Å². The van der Waals surface area contributed by atoms with Gasteiger partial charge in [-0.25, -0.2) is 0 Å². The summed E-state index contributed by atoms with van der Waals surface area (Å²) < 4.78 is 0. The molecule has 104 valence electrons. The molecule has 4 heteroatoms. The molecule has 1 aliphatic rings. The third-order valence-electron chi connectivity index (χ3n) is 3.52. The van der Waals surface area contributed by atoms with E-state index >= 15 is 0 Å². The van der Waals surface area contributed by atoms with Crippen LogP contribution in [-0.4, -0.2) is 37.9 Å². The largest absolute Gasteiger partial charge is 0.375 e. The molecule has 2 rings (SSSR count). The maximum absolute atomic E-state index is 3.56. The highest BCUT2D eigenvalue weighted by atomic mass is 15.3. The Kier molecular flexibility index (Phi) is 4.68. The van der Waals surface area contributed by atoms with Crippen molar-refractivity contribution < 1.29 is 0 Å². The number of hydrogen-bond donors (Lipinski definition) is 2. The van der Waals surface area contributed by atoms with E-state index in [4.69, 9.17) is 0 Å². The highest BCUT2D eigenvalue weighted by Crippen LogP contribution is 2.12. The second-order valence-electron chi connectivity index (χ2n) is 5.10. The number of hydrogen-bond acceptors (Lipinski definition) is 4. The zero-order chi connectivity index (χ0) is 13.7. The van der Waals surface area contributed by atoms with Crippen LogP contribution in [0, 0.1) is 0 Å². The molecule has 0 radical (unpaired) electrons. The van der Waals surface area contributed by atoms with Gasteiger partial charge in [-0.1, -0.05) is 18.2 Å². The minimum absolute atomic E-state index is 0.299. The van der Waals surface area contributed by atoms with Crippen molar-refractivity contribution in [3.05, 3.63) is 42.7 Å². The van der Waals surface area contributed by atoms with E-state index in [0.29, 0.717) is 12.3 Å². The van der Waals surface area contributed by atoms with Crippen LogP contribution >= 0.6 is 0 Å². The maximum Gasteiger partial charge on any atom is 0.0819 e. The van der Waals surface area contributed by atoms with Gasteiger partial charge in [-0.2, -0.15) is 0 Å². The lowest BCUT2D eigenvalue weighted by Crippen LogP contribution is -2.48. The Hall–Kier alpha value is -1.68. The fourth-order valence-electron chi connectivity index (χ4n) is 2.28. The molecule has 2 N–H and O–H groups in total. The van der Waals surface area contributed by atoms with Crippen molar-refractivity contribution in [1.82, 2.24) is 15.5 Å². The average molecular weight is 260 g/mol. The molecule has 1 aromatic rings. The van der Waals surface area contributed by atoms with Gasteiger partial charge in [-0.3, -0.25) is 5.32 Å². The summed E-state index contributed by atoms with van der Waals surface area (Å²) in [7, 11) is 4.25. The summed E-state index contributed by atoms with van der Waals surface area (Å²) in [5.74, 6) is 0. The molecule has 1 heterocycles. The van der Waals surface area contributed by atoms with E-state index in [0.717, 1.165) is 13.0 Å². The van der Waals surface area contributed by atoms with Crippen molar-refractivity contribution in [3.63, 3.8) is 0 Å². The fourth-order valence-corrected chi connectivity index (χ4v) is 2.28. The van der Waals surface area contributed by atoms with Crippen molar-refractivity contribution in [2.45, 2.75) is 25.7 Å². The Morgan fingerprint density at radius 1 is 1.26 bits per heavy atom. The first-order valence-electron chi connectivity index (χ1n) is 6.83. The Bertz CT molecular complexity index is 404. The summed E-state index contributed by atoms with van der Waals surface area (Å²) in [6.07, 6.45) is 5.81. The zero-order valence-corrected chi connectivity index (χ0v) is 12.0. The van der Waals surface area contributed by atoms with Gasteiger partial charge >= 0.3 is 0 Å². The quantitative estimate of drug-likeness (QED) is 0.864. The molecule has 0 aliphatic carbocycles. The zero-order valence-electron chi connectivity index (χ0n) is 12.0. The standard InChI is InChI=1S/C15H24N4/c1-13-16-10-12-19(3)15(17-13)9-11-18(2)14-7-5-4-6-8-14/h4-8,10,12-13,15-17H,9,11H2,1-3H3. The number of para-hydroxylation sites is 1. The lowest BCUT2D eigenvalue weighted by atomic mass is 10.2. The number of nitrogens with one attached hydrogen (secondary N) is 2. The first-order valence-corrected chi connectivity index (χ1v) is 6.83. The summed E-state index contributed by atoms with van der Waals surface area (Å²) in [4.78, 5) is 4.51. The van der Waals surface area contributed by atoms with E-state index in [9.17, 15) is 0 Å². The molecule has 0 bridgehead atoms. The van der Waals surface area contributed by atoms with Crippen LogP contribution < -0.4 is 15.5 Å². The van der Waals surface area contributed by atoms with E-state index in [2.05, 4.69) is 78.0 Å². The van der Waals surface area contributed by atoms with Gasteiger partial charge in [0.05, 0.1) is 12.3 Å². The Balaban J connectivity index is 1.89. The lowest BCUT2D eigenvalue weighted by molar-refractivity contribution is 0.247. The van der Waals surface area contributed by atoms with Gasteiger partial charge in [0.2, 0.25) is 0 Å². The van der Waals surface area contributed by atoms with Gasteiger partial charge in [0, 0.05) is 38.7 Å². The molecule has 0 fully saturated rings. The monoisotopic (exact) mass is 260 g/mol. The Labute approximate surface area is 116 Å². The number of benzene rings is 1. The molecule has 0 saturated carbocycles. The van der Waals surface area contributed by atoms with E-state index < -0.39 is 0 Å². The molecule has 19 heavy (non-hydrogen) atoms. The maximum atomic E-state index is 3.56. The topological polar surface area (TPSA) is 30.5 Å². The summed E-state index contributed by atoms with van der Waals surface area (Å²) in [6, 6.07) is 10.5. The predicted molar refractivity (Wildman–Crippen MR) is 80.8 cm³/mol. The molecular formula is C15H24N4. The van der Waals surface area contributed by atoms with Crippen LogP contribution in [0.25, 0.3) is 0 Å². The van der Waals surface area contributed by atoms with Crippen LogP contribution in [-0.2, 0) is 0 Å². The van der Waals surface area contributed by atoms with E-state index in [1.807, 2.05) is 6.20 Å². The summed E-state index contributed by atoms with van der Waals surface area (Å²) in [5.41, 5.74) is 1.26. The molecular weight excluding hydrogens is 236 g/mol. The smallest absolute Gasteiger partial charge is 0.0819 e. The third kappa shape index (κ3) is 3.89. The van der Waals surface area contributed by atoms with E-state index in [-0.39, 0.29) is 0 Å². The number of rotatable bonds is 4. The highest BCUT2D eigenvalue weighted by molar-refractivity contribution is 5.44. The fraction of sp³-hybridized carbons (Fsp3) is 0.467. The van der Waals surface area contributed by atoms with Crippen molar-refractivity contribution in [1.29, 1.82) is 0 Å². The van der Waals surface area contributed by atoms with Crippen LogP contribution in [0.5, 0.6) is 0 Å². The van der Waals surface area contributed by atoms with Crippen molar-refractivity contribution >= 4 is 5.69 Å². The molecule has 0 saturated heterocycles. The normalized spacial score (nSPS) is 22.8. The van der Waals surface area contributed by atoms with E-state index in [1.54, 1.807) is 0 Å². The summed E-state index contributed by atoms with van der Waals surface area (Å²) in [6.45, 7) is 3.16. The molecule has 1 aromatic carbocycles. The van der Waals surface area contributed by atoms with E-state index in [1.165, 1.54) is 5.69 Å². The minimum Gasteiger partial charge on any atom is -0.375 e. The van der Waals surface area contributed by atoms with Crippen LogP contribution in [0.3, 0.4) is 0 Å². The average Bonchev–Trinajstić information content (AvgIpc) is 2.58. The highest BCUT2D eigenvalue weighted by Gasteiger charge is 2.17. The van der Waals surface area contributed by atoms with Gasteiger partial charge < -0.3 is 15.1 Å². The number of anilines is 1. The molecule has 4 nitrogen and oxygen atoms in total. The van der Waals surface area contributed by atoms with Gasteiger partial charge in [-0.15, -0.1) is 0 Å². The van der Waals surface area contributed by atoms with Gasteiger partial charge in [0.1, 0.15) is 0 Å². The first-order chi connectivity index (χ1) is 9.16. The molecule has 0 spiro atoms. The van der Waals surface area contributed by atoms with Gasteiger partial charge in [0.15, 0.2) is 0 Å². The third-order valence-corrected chi connectivity index (χ3v) is 3.52. The number of nitrogens with zero attached hydrogens (tertiary/aromatic N) is 2. The lowest BCUT2D eigenvalue weighted by Gasteiger charge is -2.30. The second-order valence-corrected chi connectivity index (χ2v) is 5.10. The van der Waals surface area contributed by atoms with Crippen LogP contribution in [0.1, 0.15) is 13.3 Å². The molecule has 1 aliphatic heterocycles.